The summed E-state index contributed by atoms with van der Waals surface area (Å²) in [7, 11) is 0. The molecule has 0 spiro atoms. The third-order valence-corrected chi connectivity index (χ3v) is 4.68. The minimum atomic E-state index is 0.678. The molecule has 0 saturated carbocycles. The molecule has 1 aliphatic heterocycles. The van der Waals surface area contributed by atoms with E-state index in [0.717, 1.165) is 26.2 Å². The van der Waals surface area contributed by atoms with Crippen molar-refractivity contribution in [3.63, 3.8) is 0 Å². The van der Waals surface area contributed by atoms with E-state index in [1.807, 2.05) is 12.3 Å². The Morgan fingerprint density at radius 2 is 2.05 bits per heavy atom. The highest BCUT2D eigenvalue weighted by Gasteiger charge is 2.24. The summed E-state index contributed by atoms with van der Waals surface area (Å²) in [6.07, 6.45) is 1.92. The highest BCUT2D eigenvalue weighted by molar-refractivity contribution is 8.00. The van der Waals surface area contributed by atoms with Crippen LogP contribution in [0.1, 0.15) is 33.3 Å². The van der Waals surface area contributed by atoms with Crippen LogP contribution < -0.4 is 10.2 Å². The Morgan fingerprint density at radius 3 is 2.70 bits per heavy atom. The second-order valence-electron chi connectivity index (χ2n) is 6.17. The minimum absolute atomic E-state index is 0.678. The molecule has 0 radical (unpaired) electrons. The summed E-state index contributed by atoms with van der Waals surface area (Å²) in [5, 5.41) is 4.89. The molecular formula is C16H27N3S. The van der Waals surface area contributed by atoms with Gasteiger partial charge in [0, 0.05) is 41.9 Å². The van der Waals surface area contributed by atoms with Crippen molar-refractivity contribution in [2.75, 3.05) is 24.5 Å². The lowest BCUT2D eigenvalue weighted by atomic mass is 10.2. The normalized spacial score (nSPS) is 23.4. The zero-order valence-electron chi connectivity index (χ0n) is 13.1. The van der Waals surface area contributed by atoms with E-state index < -0.39 is 0 Å². The molecule has 2 unspecified atom stereocenters. The zero-order chi connectivity index (χ0) is 14.5. The molecule has 0 aliphatic carbocycles. The highest BCUT2D eigenvalue weighted by atomic mass is 32.2. The van der Waals surface area contributed by atoms with Gasteiger partial charge in [-0.05, 0) is 18.5 Å². The Morgan fingerprint density at radius 1 is 1.35 bits per heavy atom. The number of pyridine rings is 1. The van der Waals surface area contributed by atoms with Gasteiger partial charge in [-0.15, -0.1) is 0 Å². The van der Waals surface area contributed by atoms with Gasteiger partial charge in [0.15, 0.2) is 0 Å². The van der Waals surface area contributed by atoms with Crippen molar-refractivity contribution in [3.05, 3.63) is 23.9 Å². The topological polar surface area (TPSA) is 28.2 Å². The third kappa shape index (κ3) is 4.38. The van der Waals surface area contributed by atoms with E-state index in [0.29, 0.717) is 16.4 Å². The molecule has 1 aromatic heterocycles. The van der Waals surface area contributed by atoms with Crippen LogP contribution in [0.4, 0.5) is 5.82 Å². The fourth-order valence-corrected chi connectivity index (χ4v) is 4.02. The van der Waals surface area contributed by atoms with Crippen LogP contribution in [-0.2, 0) is 6.54 Å². The molecule has 2 heterocycles. The Balaban J connectivity index is 2.06. The molecule has 3 nitrogen and oxygen atoms in total. The van der Waals surface area contributed by atoms with Crippen molar-refractivity contribution in [2.24, 2.45) is 5.92 Å². The van der Waals surface area contributed by atoms with Gasteiger partial charge < -0.3 is 10.2 Å². The predicted octanol–water partition coefficient (Wildman–Crippen LogP) is 3.16. The van der Waals surface area contributed by atoms with Crippen molar-refractivity contribution in [1.82, 2.24) is 10.3 Å². The summed E-state index contributed by atoms with van der Waals surface area (Å²) < 4.78 is 0. The van der Waals surface area contributed by atoms with Crippen molar-refractivity contribution >= 4 is 17.6 Å². The number of aromatic nitrogens is 1. The average molecular weight is 293 g/mol. The second kappa shape index (κ2) is 7.32. The molecule has 2 atom stereocenters. The smallest absolute Gasteiger partial charge is 0.133 e. The summed E-state index contributed by atoms with van der Waals surface area (Å²) in [5.41, 5.74) is 1.32. The van der Waals surface area contributed by atoms with E-state index in [-0.39, 0.29) is 0 Å². The number of nitrogens with one attached hydrogen (secondary N) is 1. The van der Waals surface area contributed by atoms with E-state index in [9.17, 15) is 0 Å². The Kier molecular flexibility index (Phi) is 5.73. The van der Waals surface area contributed by atoms with Gasteiger partial charge in [0.05, 0.1) is 0 Å². The first-order chi connectivity index (χ1) is 9.56. The summed E-state index contributed by atoms with van der Waals surface area (Å²) in [5.74, 6) is 1.85. The van der Waals surface area contributed by atoms with Crippen LogP contribution in [0.2, 0.25) is 0 Å². The van der Waals surface area contributed by atoms with Gasteiger partial charge in [-0.2, -0.15) is 11.8 Å². The Hall–Kier alpha value is -0.740. The standard InChI is InChI=1S/C16H27N3S/c1-12(2)8-17-9-15-6-5-7-18-16(15)19-10-13(3)20-14(4)11-19/h5-7,12-14,17H,8-11H2,1-4H3. The molecule has 1 aromatic rings. The number of thioether (sulfide) groups is 1. The van der Waals surface area contributed by atoms with Crippen LogP contribution in [0.3, 0.4) is 0 Å². The van der Waals surface area contributed by atoms with Gasteiger partial charge >= 0.3 is 0 Å². The average Bonchev–Trinajstić information content (AvgIpc) is 2.37. The van der Waals surface area contributed by atoms with E-state index >= 15 is 0 Å². The van der Waals surface area contributed by atoms with E-state index in [1.165, 1.54) is 11.4 Å². The fourth-order valence-electron chi connectivity index (χ4n) is 2.70. The first kappa shape index (κ1) is 15.6. The van der Waals surface area contributed by atoms with Crippen LogP contribution in [0.5, 0.6) is 0 Å². The molecule has 112 valence electrons. The lowest BCUT2D eigenvalue weighted by molar-refractivity contribution is 0.551. The molecule has 1 fully saturated rings. The maximum atomic E-state index is 4.65. The quantitative estimate of drug-likeness (QED) is 0.902. The van der Waals surface area contributed by atoms with Crippen molar-refractivity contribution in [3.8, 4) is 0 Å². The monoisotopic (exact) mass is 293 g/mol. The van der Waals surface area contributed by atoms with Crippen molar-refractivity contribution in [1.29, 1.82) is 0 Å². The molecule has 1 aliphatic rings. The van der Waals surface area contributed by atoms with Crippen LogP contribution in [0.25, 0.3) is 0 Å². The van der Waals surface area contributed by atoms with Crippen molar-refractivity contribution < 1.29 is 0 Å². The lowest BCUT2D eigenvalue weighted by Crippen LogP contribution is -2.41. The molecule has 1 saturated heterocycles. The minimum Gasteiger partial charge on any atom is -0.354 e. The van der Waals surface area contributed by atoms with E-state index in [2.05, 4.69) is 60.7 Å². The number of nitrogens with zero attached hydrogens (tertiary/aromatic N) is 2. The van der Waals surface area contributed by atoms with Crippen LogP contribution in [0.15, 0.2) is 18.3 Å². The van der Waals surface area contributed by atoms with Gasteiger partial charge in [0.1, 0.15) is 5.82 Å². The largest absolute Gasteiger partial charge is 0.354 e. The molecular weight excluding hydrogens is 266 g/mol. The van der Waals surface area contributed by atoms with Crippen LogP contribution in [-0.4, -0.2) is 35.1 Å². The zero-order valence-corrected chi connectivity index (χ0v) is 13.9. The number of hydrogen-bond acceptors (Lipinski definition) is 4. The summed E-state index contributed by atoms with van der Waals surface area (Å²) in [4.78, 5) is 7.10. The molecule has 0 bridgehead atoms. The van der Waals surface area contributed by atoms with E-state index in [1.54, 1.807) is 0 Å². The molecule has 1 N–H and O–H groups in total. The number of hydrogen-bond donors (Lipinski definition) is 1. The summed E-state index contributed by atoms with van der Waals surface area (Å²) in [6.45, 7) is 13.3. The van der Waals surface area contributed by atoms with Gasteiger partial charge in [-0.3, -0.25) is 0 Å². The maximum Gasteiger partial charge on any atom is 0.133 e. The number of rotatable bonds is 5. The second-order valence-corrected chi connectivity index (χ2v) is 8.05. The summed E-state index contributed by atoms with van der Waals surface area (Å²) >= 11 is 2.08. The number of anilines is 1. The molecule has 0 aromatic carbocycles. The molecule has 0 amide bonds. The first-order valence-corrected chi connectivity index (χ1v) is 8.55. The van der Waals surface area contributed by atoms with E-state index in [4.69, 9.17) is 0 Å². The van der Waals surface area contributed by atoms with Gasteiger partial charge in [-0.25, -0.2) is 4.98 Å². The van der Waals surface area contributed by atoms with Crippen LogP contribution >= 0.6 is 11.8 Å². The third-order valence-electron chi connectivity index (χ3n) is 3.45. The molecule has 4 heteroatoms. The fraction of sp³-hybridized carbons (Fsp3) is 0.688. The van der Waals surface area contributed by atoms with Gasteiger partial charge in [-0.1, -0.05) is 33.8 Å². The van der Waals surface area contributed by atoms with Gasteiger partial charge in [0.2, 0.25) is 0 Å². The maximum absolute atomic E-state index is 4.65. The molecule has 2 rings (SSSR count). The summed E-state index contributed by atoms with van der Waals surface area (Å²) in [6, 6.07) is 4.24. The Bertz CT molecular complexity index is 412. The predicted molar refractivity (Wildman–Crippen MR) is 89.5 cm³/mol. The lowest BCUT2D eigenvalue weighted by Gasteiger charge is -2.36. The first-order valence-electron chi connectivity index (χ1n) is 7.61. The SMILES string of the molecule is CC(C)CNCc1cccnc1N1CC(C)SC(C)C1. The molecule has 20 heavy (non-hydrogen) atoms. The van der Waals surface area contributed by atoms with Crippen LogP contribution in [0, 0.1) is 5.92 Å². The Labute approximate surface area is 127 Å². The highest BCUT2D eigenvalue weighted by Crippen LogP contribution is 2.29. The van der Waals surface area contributed by atoms with Gasteiger partial charge in [0.25, 0.3) is 0 Å². The van der Waals surface area contributed by atoms with Crippen molar-refractivity contribution in [2.45, 2.75) is 44.7 Å².